The second kappa shape index (κ2) is 14.7. The third kappa shape index (κ3) is 9.18. The highest BCUT2D eigenvalue weighted by molar-refractivity contribution is 14.0. The fourth-order valence-corrected chi connectivity index (χ4v) is 3.64. The summed E-state index contributed by atoms with van der Waals surface area (Å²) in [6.45, 7) is 3.01. The molecule has 1 aromatic heterocycles. The summed E-state index contributed by atoms with van der Waals surface area (Å²) in [5.41, 5.74) is 0.694. The maximum Gasteiger partial charge on any atom is 0.387 e. The highest BCUT2D eigenvalue weighted by Crippen LogP contribution is 2.31. The number of pyridine rings is 1. The molecule has 0 saturated carbocycles. The molecule has 182 valence electrons. The van der Waals surface area contributed by atoms with E-state index in [0.717, 1.165) is 57.2 Å². The Labute approximate surface area is 211 Å². The van der Waals surface area contributed by atoms with Crippen LogP contribution in [0.1, 0.15) is 26.2 Å². The minimum absolute atomic E-state index is 0. The summed E-state index contributed by atoms with van der Waals surface area (Å²) < 4.78 is 30.1. The van der Waals surface area contributed by atoms with Crippen molar-refractivity contribution in [1.29, 1.82) is 0 Å². The van der Waals surface area contributed by atoms with Crippen molar-refractivity contribution in [2.45, 2.75) is 38.8 Å². The topological polar surface area (TPSA) is 73.8 Å². The number of guanidine groups is 1. The molecule has 10 heteroatoms. The molecule has 0 amide bonds. The molecule has 2 heterocycles. The predicted octanol–water partition coefficient (Wildman–Crippen LogP) is 4.33. The number of nitrogens with one attached hydrogen (secondary N) is 3. The van der Waals surface area contributed by atoms with E-state index in [0.29, 0.717) is 12.2 Å². The summed E-state index contributed by atoms with van der Waals surface area (Å²) in [4.78, 5) is 11.0. The molecule has 0 aliphatic carbocycles. The molecule has 7 nitrogen and oxygen atoms in total. The number of halogens is 3. The Kier molecular flexibility index (Phi) is 12.0. The van der Waals surface area contributed by atoms with E-state index in [4.69, 9.17) is 0 Å². The quantitative estimate of drug-likeness (QED) is 0.161. The SMILES string of the molecule is CCNC(=NCCCCNc1ccccn1)NC1CCN(c2ccccc2OC(F)F)C1.I. The van der Waals surface area contributed by atoms with Crippen LogP contribution in [0.4, 0.5) is 20.3 Å². The van der Waals surface area contributed by atoms with Crippen molar-refractivity contribution in [3.63, 3.8) is 0 Å². The number of aromatic nitrogens is 1. The first kappa shape index (κ1) is 26.9. The maximum atomic E-state index is 12.7. The van der Waals surface area contributed by atoms with Crippen molar-refractivity contribution in [2.24, 2.45) is 4.99 Å². The Balaban J connectivity index is 0.00000385. The number of hydrogen-bond acceptors (Lipinski definition) is 5. The molecule has 1 aromatic carbocycles. The van der Waals surface area contributed by atoms with Crippen molar-refractivity contribution in [1.82, 2.24) is 15.6 Å². The number of para-hydroxylation sites is 2. The number of unbranched alkanes of at least 4 members (excludes halogenated alkanes) is 1. The Morgan fingerprint density at radius 3 is 2.79 bits per heavy atom. The molecular weight excluding hydrogens is 541 g/mol. The van der Waals surface area contributed by atoms with E-state index in [2.05, 4.69) is 35.6 Å². The monoisotopic (exact) mass is 574 g/mol. The zero-order valence-corrected chi connectivity index (χ0v) is 21.2. The predicted molar refractivity (Wildman–Crippen MR) is 140 cm³/mol. The van der Waals surface area contributed by atoms with Gasteiger partial charge in [0.1, 0.15) is 11.6 Å². The van der Waals surface area contributed by atoms with E-state index >= 15 is 0 Å². The van der Waals surface area contributed by atoms with E-state index in [-0.39, 0.29) is 35.8 Å². The van der Waals surface area contributed by atoms with Crippen molar-refractivity contribution in [3.8, 4) is 5.75 Å². The smallest absolute Gasteiger partial charge is 0.387 e. The minimum atomic E-state index is -2.83. The van der Waals surface area contributed by atoms with Gasteiger partial charge >= 0.3 is 6.61 Å². The van der Waals surface area contributed by atoms with Crippen LogP contribution in [-0.2, 0) is 0 Å². The van der Waals surface area contributed by atoms with Crippen LogP contribution in [0, 0.1) is 0 Å². The zero-order chi connectivity index (χ0) is 22.6. The van der Waals surface area contributed by atoms with E-state index in [1.807, 2.05) is 37.3 Å². The zero-order valence-electron chi connectivity index (χ0n) is 18.8. The largest absolute Gasteiger partial charge is 0.433 e. The summed E-state index contributed by atoms with van der Waals surface area (Å²) in [5.74, 6) is 1.88. The van der Waals surface area contributed by atoms with Crippen LogP contribution in [0.3, 0.4) is 0 Å². The Morgan fingerprint density at radius 1 is 1.21 bits per heavy atom. The molecule has 1 aliphatic rings. The van der Waals surface area contributed by atoms with Crippen LogP contribution in [0.25, 0.3) is 0 Å². The van der Waals surface area contributed by atoms with Gasteiger partial charge in [0.2, 0.25) is 0 Å². The van der Waals surface area contributed by atoms with Crippen LogP contribution in [-0.4, -0.2) is 56.3 Å². The molecule has 1 saturated heterocycles. The third-order valence-electron chi connectivity index (χ3n) is 5.12. The van der Waals surface area contributed by atoms with Gasteiger partial charge in [-0.15, -0.1) is 24.0 Å². The average Bonchev–Trinajstić information content (AvgIpc) is 3.25. The summed E-state index contributed by atoms with van der Waals surface area (Å²) in [5, 5.41) is 10.1. The van der Waals surface area contributed by atoms with Gasteiger partial charge in [-0.25, -0.2) is 4.98 Å². The molecule has 0 radical (unpaired) electrons. The van der Waals surface area contributed by atoms with E-state index < -0.39 is 6.61 Å². The van der Waals surface area contributed by atoms with E-state index in [1.165, 1.54) is 0 Å². The first-order valence-corrected chi connectivity index (χ1v) is 11.1. The van der Waals surface area contributed by atoms with Crippen molar-refractivity contribution in [2.75, 3.05) is 42.9 Å². The molecule has 0 spiro atoms. The molecule has 1 unspecified atom stereocenters. The van der Waals surface area contributed by atoms with Gasteiger partial charge in [-0.2, -0.15) is 8.78 Å². The Morgan fingerprint density at radius 2 is 2.03 bits per heavy atom. The third-order valence-corrected chi connectivity index (χ3v) is 5.12. The molecule has 1 fully saturated rings. The van der Waals surface area contributed by atoms with Gasteiger partial charge in [-0.1, -0.05) is 18.2 Å². The summed E-state index contributed by atoms with van der Waals surface area (Å²) in [6, 6.07) is 12.9. The van der Waals surface area contributed by atoms with Gasteiger partial charge in [-0.05, 0) is 50.5 Å². The van der Waals surface area contributed by atoms with E-state index in [9.17, 15) is 8.78 Å². The van der Waals surface area contributed by atoms with Gasteiger partial charge in [0, 0.05) is 45.0 Å². The highest BCUT2D eigenvalue weighted by Gasteiger charge is 2.26. The fourth-order valence-electron chi connectivity index (χ4n) is 3.64. The maximum absolute atomic E-state index is 12.7. The molecule has 33 heavy (non-hydrogen) atoms. The number of hydrogen-bond donors (Lipinski definition) is 3. The van der Waals surface area contributed by atoms with Crippen LogP contribution in [0.5, 0.6) is 5.75 Å². The lowest BCUT2D eigenvalue weighted by Gasteiger charge is -2.22. The number of nitrogens with zero attached hydrogens (tertiary/aromatic N) is 3. The summed E-state index contributed by atoms with van der Waals surface area (Å²) >= 11 is 0. The number of rotatable bonds is 11. The normalized spacial score (nSPS) is 15.8. The Bertz CT molecular complexity index is 843. The second-order valence-corrected chi connectivity index (χ2v) is 7.53. The van der Waals surface area contributed by atoms with Gasteiger partial charge < -0.3 is 25.6 Å². The number of anilines is 2. The van der Waals surface area contributed by atoms with Crippen LogP contribution < -0.4 is 25.6 Å². The first-order chi connectivity index (χ1) is 15.7. The van der Waals surface area contributed by atoms with Crippen molar-refractivity contribution >= 4 is 41.4 Å². The van der Waals surface area contributed by atoms with Gasteiger partial charge in [-0.3, -0.25) is 4.99 Å². The molecular formula is C23H33F2IN6O. The molecule has 1 atom stereocenters. The minimum Gasteiger partial charge on any atom is -0.433 e. The van der Waals surface area contributed by atoms with Crippen LogP contribution >= 0.6 is 24.0 Å². The molecule has 3 N–H and O–H groups in total. The molecule has 3 rings (SSSR count). The molecule has 0 bridgehead atoms. The van der Waals surface area contributed by atoms with Crippen molar-refractivity contribution in [3.05, 3.63) is 48.7 Å². The number of aliphatic imine (C=N–C) groups is 1. The highest BCUT2D eigenvalue weighted by atomic mass is 127. The standard InChI is InChI=1S/C23H32F2N6O.HI/c1-2-26-23(29-15-8-7-14-28-21-11-5-6-13-27-21)30-18-12-16-31(17-18)19-9-3-4-10-20(19)32-22(24)25;/h3-6,9-11,13,18,22H,2,7-8,12,14-17H2,1H3,(H,27,28)(H2,26,29,30);1H. The van der Waals surface area contributed by atoms with Crippen molar-refractivity contribution < 1.29 is 13.5 Å². The van der Waals surface area contributed by atoms with E-state index in [1.54, 1.807) is 18.3 Å². The lowest BCUT2D eigenvalue weighted by molar-refractivity contribution is -0.0495. The molecule has 1 aliphatic heterocycles. The number of benzene rings is 1. The summed E-state index contributed by atoms with van der Waals surface area (Å²) in [6.07, 6.45) is 4.63. The van der Waals surface area contributed by atoms with Gasteiger partial charge in [0.25, 0.3) is 0 Å². The fraction of sp³-hybridized carbons (Fsp3) is 0.478. The van der Waals surface area contributed by atoms with Crippen LogP contribution in [0.15, 0.2) is 53.7 Å². The second-order valence-electron chi connectivity index (χ2n) is 7.53. The van der Waals surface area contributed by atoms with Crippen LogP contribution in [0.2, 0.25) is 0 Å². The number of alkyl halides is 2. The first-order valence-electron chi connectivity index (χ1n) is 11.1. The molecule has 2 aromatic rings. The lowest BCUT2D eigenvalue weighted by atomic mass is 10.2. The number of ether oxygens (including phenoxy) is 1. The van der Waals surface area contributed by atoms with Gasteiger partial charge in [0.05, 0.1) is 5.69 Å². The Hall–Kier alpha value is -2.37. The lowest BCUT2D eigenvalue weighted by Crippen LogP contribution is -2.44. The van der Waals surface area contributed by atoms with Gasteiger partial charge in [0.15, 0.2) is 5.96 Å². The summed E-state index contributed by atoms with van der Waals surface area (Å²) in [7, 11) is 0. The average molecular weight is 574 g/mol.